The summed E-state index contributed by atoms with van der Waals surface area (Å²) in [5.74, 6) is 0.454. The van der Waals surface area contributed by atoms with E-state index in [0.29, 0.717) is 31.0 Å². The van der Waals surface area contributed by atoms with E-state index < -0.39 is 5.60 Å². The Morgan fingerprint density at radius 1 is 1.30 bits per heavy atom. The van der Waals surface area contributed by atoms with Crippen LogP contribution >= 0.6 is 0 Å². The highest BCUT2D eigenvalue weighted by Gasteiger charge is 2.29. The number of amides is 1. The summed E-state index contributed by atoms with van der Waals surface area (Å²) in [6.45, 7) is 9.50. The van der Waals surface area contributed by atoms with Crippen molar-refractivity contribution in [2.75, 3.05) is 30.7 Å². The average Bonchev–Trinajstić information content (AvgIpc) is 3.20. The molecule has 1 saturated heterocycles. The maximum atomic E-state index is 14.7. The summed E-state index contributed by atoms with van der Waals surface area (Å²) in [6.07, 6.45) is 2.33. The van der Waals surface area contributed by atoms with Crippen molar-refractivity contribution in [3.8, 4) is 11.1 Å². The number of nitrogen functional groups attached to an aromatic ring is 1. The van der Waals surface area contributed by atoms with Gasteiger partial charge in [0.05, 0.1) is 0 Å². The van der Waals surface area contributed by atoms with Crippen LogP contribution in [0.3, 0.4) is 0 Å². The molecule has 3 N–H and O–H groups in total. The van der Waals surface area contributed by atoms with Gasteiger partial charge in [-0.3, -0.25) is 0 Å². The summed E-state index contributed by atoms with van der Waals surface area (Å²) in [5.41, 5.74) is 8.55. The highest BCUT2D eigenvalue weighted by molar-refractivity contribution is 5.98. The molecule has 1 aliphatic rings. The summed E-state index contributed by atoms with van der Waals surface area (Å²) in [7, 11) is 0. The Bertz CT molecular complexity index is 1170. The first-order valence-corrected chi connectivity index (χ1v) is 11.3. The van der Waals surface area contributed by atoms with Crippen molar-refractivity contribution in [1.82, 2.24) is 9.88 Å². The molecule has 0 unspecified atom stereocenters. The van der Waals surface area contributed by atoms with Gasteiger partial charge in [0.1, 0.15) is 17.2 Å². The Hall–Kier alpha value is -3.35. The number of aromatic nitrogens is 1. The molecule has 6 nitrogen and oxygen atoms in total. The summed E-state index contributed by atoms with van der Waals surface area (Å²) in [4.78, 5) is 18.4. The van der Waals surface area contributed by atoms with Gasteiger partial charge in [-0.1, -0.05) is 12.1 Å². The second-order valence-corrected chi connectivity index (χ2v) is 9.75. The third-order valence-electron chi connectivity index (χ3n) is 5.89. The van der Waals surface area contributed by atoms with Gasteiger partial charge in [0.15, 0.2) is 0 Å². The minimum atomic E-state index is -0.508. The van der Waals surface area contributed by atoms with E-state index in [1.807, 2.05) is 52.0 Å². The lowest BCUT2D eigenvalue weighted by atomic mass is 9.96. The SMILES string of the molecule is Cc1cccc(F)c1-c1cc(NC[C@@H]2CCN(C(=O)OC(C)(C)C)C2)c2cc(N)ncc2c1. The highest BCUT2D eigenvalue weighted by Crippen LogP contribution is 2.35. The summed E-state index contributed by atoms with van der Waals surface area (Å²) < 4.78 is 20.2. The van der Waals surface area contributed by atoms with Crippen molar-refractivity contribution in [1.29, 1.82) is 0 Å². The van der Waals surface area contributed by atoms with E-state index in [4.69, 9.17) is 10.5 Å². The fraction of sp³-hybridized carbons (Fsp3) is 0.385. The van der Waals surface area contributed by atoms with E-state index in [1.54, 1.807) is 17.2 Å². The van der Waals surface area contributed by atoms with Gasteiger partial charge in [-0.05, 0) is 75.4 Å². The van der Waals surface area contributed by atoms with Crippen LogP contribution in [0.5, 0.6) is 0 Å². The van der Waals surface area contributed by atoms with E-state index in [-0.39, 0.29) is 17.8 Å². The van der Waals surface area contributed by atoms with Crippen LogP contribution < -0.4 is 11.1 Å². The number of pyridine rings is 1. The Morgan fingerprint density at radius 2 is 2.09 bits per heavy atom. The Balaban J connectivity index is 1.57. The quantitative estimate of drug-likeness (QED) is 0.541. The molecule has 0 spiro atoms. The second kappa shape index (κ2) is 8.89. The highest BCUT2D eigenvalue weighted by atomic mass is 19.1. The third kappa shape index (κ3) is 5.18. The van der Waals surface area contributed by atoms with Crippen LogP contribution in [-0.4, -0.2) is 41.2 Å². The number of hydrogen-bond donors (Lipinski definition) is 2. The number of hydrogen-bond acceptors (Lipinski definition) is 5. The van der Waals surface area contributed by atoms with Gasteiger partial charge >= 0.3 is 6.09 Å². The van der Waals surface area contributed by atoms with Gasteiger partial charge in [-0.25, -0.2) is 14.2 Å². The largest absolute Gasteiger partial charge is 0.444 e. The Morgan fingerprint density at radius 3 is 2.82 bits per heavy atom. The molecule has 1 amide bonds. The molecule has 33 heavy (non-hydrogen) atoms. The molecule has 1 aliphatic heterocycles. The zero-order valence-corrected chi connectivity index (χ0v) is 19.6. The number of likely N-dealkylation sites (tertiary alicyclic amines) is 1. The predicted molar refractivity (Wildman–Crippen MR) is 131 cm³/mol. The maximum absolute atomic E-state index is 14.7. The van der Waals surface area contributed by atoms with Gasteiger partial charge in [-0.2, -0.15) is 0 Å². The van der Waals surface area contributed by atoms with Crippen LogP contribution in [0, 0.1) is 18.7 Å². The van der Waals surface area contributed by atoms with Crippen molar-refractivity contribution >= 4 is 28.4 Å². The van der Waals surface area contributed by atoms with Crippen LogP contribution in [-0.2, 0) is 4.74 Å². The number of nitrogens with zero attached hydrogens (tertiary/aromatic N) is 2. The van der Waals surface area contributed by atoms with Crippen LogP contribution in [0.4, 0.5) is 20.7 Å². The molecule has 3 aromatic rings. The Kier molecular flexibility index (Phi) is 6.15. The molecule has 1 atom stereocenters. The van der Waals surface area contributed by atoms with Gasteiger partial charge in [0, 0.05) is 47.9 Å². The molecule has 0 radical (unpaired) electrons. The molecular formula is C26H31FN4O2. The third-order valence-corrected chi connectivity index (χ3v) is 5.89. The van der Waals surface area contributed by atoms with Crippen molar-refractivity contribution in [2.24, 2.45) is 5.92 Å². The van der Waals surface area contributed by atoms with E-state index in [2.05, 4.69) is 10.3 Å². The molecule has 174 valence electrons. The normalized spacial score (nSPS) is 16.3. The number of ether oxygens (including phenoxy) is 1. The van der Waals surface area contributed by atoms with E-state index >= 15 is 0 Å². The fourth-order valence-corrected chi connectivity index (χ4v) is 4.31. The minimum absolute atomic E-state index is 0.257. The fourth-order valence-electron chi connectivity index (χ4n) is 4.31. The topological polar surface area (TPSA) is 80.5 Å². The van der Waals surface area contributed by atoms with Crippen LogP contribution in [0.15, 0.2) is 42.6 Å². The summed E-state index contributed by atoms with van der Waals surface area (Å²) >= 11 is 0. The zero-order valence-electron chi connectivity index (χ0n) is 19.6. The molecule has 4 rings (SSSR count). The first-order valence-electron chi connectivity index (χ1n) is 11.3. The van der Waals surface area contributed by atoms with Crippen molar-refractivity contribution in [3.63, 3.8) is 0 Å². The number of fused-ring (bicyclic) bond motifs is 1. The maximum Gasteiger partial charge on any atom is 0.410 e. The molecule has 1 aromatic heterocycles. The first kappa shape index (κ1) is 22.8. The number of benzene rings is 2. The second-order valence-electron chi connectivity index (χ2n) is 9.75. The number of halogens is 1. The summed E-state index contributed by atoms with van der Waals surface area (Å²) in [5, 5.41) is 5.34. The van der Waals surface area contributed by atoms with Crippen molar-refractivity contribution < 1.29 is 13.9 Å². The zero-order chi connectivity index (χ0) is 23.8. The number of nitrogens with two attached hydrogens (primary N) is 1. The van der Waals surface area contributed by atoms with Crippen molar-refractivity contribution in [3.05, 3.63) is 54.0 Å². The molecule has 1 fully saturated rings. The smallest absolute Gasteiger partial charge is 0.410 e. The predicted octanol–water partition coefficient (Wildman–Crippen LogP) is 5.60. The number of anilines is 2. The first-order chi connectivity index (χ1) is 15.6. The van der Waals surface area contributed by atoms with Crippen molar-refractivity contribution in [2.45, 2.75) is 39.7 Å². The van der Waals surface area contributed by atoms with Gasteiger partial charge in [-0.15, -0.1) is 0 Å². The van der Waals surface area contributed by atoms with Gasteiger partial charge in [0.2, 0.25) is 0 Å². The number of nitrogens with one attached hydrogen (secondary N) is 1. The van der Waals surface area contributed by atoms with Crippen LogP contribution in [0.2, 0.25) is 0 Å². The van der Waals surface area contributed by atoms with E-state index in [0.717, 1.165) is 34.0 Å². The molecule has 0 saturated carbocycles. The molecule has 2 aromatic carbocycles. The summed E-state index contributed by atoms with van der Waals surface area (Å²) in [6, 6.07) is 10.8. The lowest BCUT2D eigenvalue weighted by Crippen LogP contribution is -2.35. The molecular weight excluding hydrogens is 419 g/mol. The van der Waals surface area contributed by atoms with Crippen LogP contribution in [0.25, 0.3) is 21.9 Å². The average molecular weight is 451 g/mol. The number of carbonyl (C=O) groups is 1. The van der Waals surface area contributed by atoms with E-state index in [9.17, 15) is 9.18 Å². The monoisotopic (exact) mass is 450 g/mol. The molecule has 0 bridgehead atoms. The minimum Gasteiger partial charge on any atom is -0.444 e. The van der Waals surface area contributed by atoms with Gasteiger partial charge < -0.3 is 20.7 Å². The molecule has 0 aliphatic carbocycles. The standard InChI is InChI=1S/C26H31FN4O2/c1-16-6-5-7-21(27)24(16)18-10-19-14-30-23(28)12-20(19)22(11-18)29-13-17-8-9-31(15-17)25(32)33-26(2,3)4/h5-7,10-12,14,17,29H,8-9,13,15H2,1-4H3,(H2,28,30)/t17-/m0/s1. The number of aryl methyl sites for hydroxylation is 1. The van der Waals surface area contributed by atoms with Gasteiger partial charge in [0.25, 0.3) is 0 Å². The Labute approximate surface area is 193 Å². The number of carbonyl (C=O) groups excluding carboxylic acids is 1. The lowest BCUT2D eigenvalue weighted by molar-refractivity contribution is 0.0289. The lowest BCUT2D eigenvalue weighted by Gasteiger charge is -2.24. The van der Waals surface area contributed by atoms with Crippen LogP contribution in [0.1, 0.15) is 32.8 Å². The molecule has 7 heteroatoms. The van der Waals surface area contributed by atoms with E-state index in [1.165, 1.54) is 6.07 Å². The number of rotatable bonds is 4. The molecule has 2 heterocycles.